The third-order valence-electron chi connectivity index (χ3n) is 5.45. The first-order valence-electron chi connectivity index (χ1n) is 9.42. The van der Waals surface area contributed by atoms with E-state index in [1.807, 2.05) is 18.3 Å². The molecule has 1 unspecified atom stereocenters. The predicted octanol–water partition coefficient (Wildman–Crippen LogP) is 1.54. The molecule has 0 radical (unpaired) electrons. The number of rotatable bonds is 3. The van der Waals surface area contributed by atoms with Crippen molar-refractivity contribution >= 4 is 17.7 Å². The van der Waals surface area contributed by atoms with Crippen molar-refractivity contribution < 1.29 is 18.0 Å². The Balaban J connectivity index is 1.76. The number of halogens is 3. The number of carbonyl (C=O) groups excluding carboxylic acids is 1. The van der Waals surface area contributed by atoms with E-state index in [1.165, 1.54) is 12.2 Å². The second-order valence-corrected chi connectivity index (χ2v) is 7.29. The quantitative estimate of drug-likeness (QED) is 0.755. The van der Waals surface area contributed by atoms with Gasteiger partial charge in [0, 0.05) is 43.2 Å². The lowest BCUT2D eigenvalue weighted by molar-refractivity contribution is -0.125. The van der Waals surface area contributed by atoms with E-state index in [9.17, 15) is 18.0 Å². The van der Waals surface area contributed by atoms with Crippen molar-refractivity contribution in [2.45, 2.75) is 18.5 Å². The normalized spacial score (nSPS) is 20.9. The maximum absolute atomic E-state index is 13.2. The lowest BCUT2D eigenvalue weighted by Gasteiger charge is -2.20. The molecule has 1 aromatic rings. The van der Waals surface area contributed by atoms with Crippen molar-refractivity contribution in [1.82, 2.24) is 15.5 Å². The van der Waals surface area contributed by atoms with Gasteiger partial charge in [0.1, 0.15) is 6.67 Å². The summed E-state index contributed by atoms with van der Waals surface area (Å²) in [5, 5.41) is 7.46. The number of likely N-dealkylation sites (tertiary alicyclic amines) is 1. The van der Waals surface area contributed by atoms with E-state index in [2.05, 4.69) is 22.2 Å². The molecular formula is C21H21F3N4O. The molecule has 8 heteroatoms. The molecule has 1 saturated heterocycles. The standard InChI is InChI=1S/C21H21F3N4O/c1-2-19(29)28-4-3-13(11-28)18-7-14(5-16-9-26-12-27-20(16)18)15-6-17(10-25-8-15)21(22,23)24/h2,5-9,13,25-26H,1,3-4,10-12H2. The van der Waals surface area contributed by atoms with Gasteiger partial charge in [-0.1, -0.05) is 6.58 Å². The van der Waals surface area contributed by atoms with Crippen LogP contribution in [0.15, 0.2) is 47.6 Å². The highest BCUT2D eigenvalue weighted by molar-refractivity contribution is 5.87. The highest BCUT2D eigenvalue weighted by atomic mass is 19.4. The van der Waals surface area contributed by atoms with Gasteiger partial charge in [0.2, 0.25) is 5.91 Å². The molecule has 0 aliphatic carbocycles. The van der Waals surface area contributed by atoms with Crippen molar-refractivity contribution in [3.8, 4) is 0 Å². The SMILES string of the molecule is C=CC(=O)N1CCC(c2cc(C3=CNCC(C(F)(F)F)=C3)cc3c2=NCNC=3)C1. The average Bonchev–Trinajstić information content (AvgIpc) is 3.22. The summed E-state index contributed by atoms with van der Waals surface area (Å²) < 4.78 is 39.5. The molecule has 3 aliphatic heterocycles. The molecule has 0 spiro atoms. The van der Waals surface area contributed by atoms with Crippen LogP contribution in [-0.2, 0) is 4.79 Å². The van der Waals surface area contributed by atoms with Crippen LogP contribution >= 0.6 is 0 Å². The van der Waals surface area contributed by atoms with Gasteiger partial charge in [0.25, 0.3) is 0 Å². The number of carbonyl (C=O) groups is 1. The summed E-state index contributed by atoms with van der Waals surface area (Å²) in [6, 6.07) is 3.76. The van der Waals surface area contributed by atoms with E-state index in [4.69, 9.17) is 0 Å². The van der Waals surface area contributed by atoms with Crippen LogP contribution in [0.25, 0.3) is 11.8 Å². The summed E-state index contributed by atoms with van der Waals surface area (Å²) in [4.78, 5) is 18.3. The van der Waals surface area contributed by atoms with Gasteiger partial charge in [0.05, 0.1) is 10.9 Å². The number of dihydropyridines is 1. The van der Waals surface area contributed by atoms with Gasteiger partial charge in [-0.05, 0) is 47.4 Å². The number of amides is 1. The van der Waals surface area contributed by atoms with Crippen molar-refractivity contribution in [2.75, 3.05) is 26.3 Å². The minimum Gasteiger partial charge on any atom is -0.386 e. The number of nitrogens with one attached hydrogen (secondary N) is 2. The molecule has 5 nitrogen and oxygen atoms in total. The van der Waals surface area contributed by atoms with Gasteiger partial charge < -0.3 is 15.5 Å². The Bertz CT molecular complexity index is 1040. The van der Waals surface area contributed by atoms with Crippen molar-refractivity contribution in [1.29, 1.82) is 0 Å². The fraction of sp³-hybridized carbons (Fsp3) is 0.333. The highest BCUT2D eigenvalue weighted by Gasteiger charge is 2.34. The molecule has 152 valence electrons. The second-order valence-electron chi connectivity index (χ2n) is 7.29. The van der Waals surface area contributed by atoms with Gasteiger partial charge in [-0.15, -0.1) is 0 Å². The second kappa shape index (κ2) is 7.42. The average molecular weight is 402 g/mol. The molecular weight excluding hydrogens is 381 g/mol. The van der Waals surface area contributed by atoms with E-state index in [0.29, 0.717) is 30.9 Å². The smallest absolute Gasteiger partial charge is 0.386 e. The van der Waals surface area contributed by atoms with E-state index in [0.717, 1.165) is 22.6 Å². The summed E-state index contributed by atoms with van der Waals surface area (Å²) in [5.74, 6) is -0.0364. The minimum atomic E-state index is -4.37. The fourth-order valence-corrected chi connectivity index (χ4v) is 3.97. The first-order chi connectivity index (χ1) is 13.9. The van der Waals surface area contributed by atoms with Gasteiger partial charge >= 0.3 is 6.18 Å². The Labute approximate surface area is 166 Å². The molecule has 0 aromatic heterocycles. The monoisotopic (exact) mass is 402 g/mol. The van der Waals surface area contributed by atoms with Gasteiger partial charge in [0.15, 0.2) is 0 Å². The molecule has 1 fully saturated rings. The minimum absolute atomic E-state index is 0.0751. The number of fused-ring (bicyclic) bond motifs is 1. The first kappa shape index (κ1) is 19.3. The molecule has 4 rings (SSSR count). The Hall–Kier alpha value is -3.03. The lowest BCUT2D eigenvalue weighted by Crippen LogP contribution is -2.38. The van der Waals surface area contributed by atoms with Gasteiger partial charge in [-0.25, -0.2) is 0 Å². The van der Waals surface area contributed by atoms with Crippen molar-refractivity contribution in [3.05, 3.63) is 64.3 Å². The van der Waals surface area contributed by atoms with Crippen LogP contribution in [0.2, 0.25) is 0 Å². The lowest BCUT2D eigenvalue weighted by atomic mass is 9.91. The number of allylic oxidation sites excluding steroid dienone is 2. The summed E-state index contributed by atoms with van der Waals surface area (Å²) in [6.45, 7) is 4.92. The van der Waals surface area contributed by atoms with Crippen LogP contribution in [0, 0.1) is 0 Å². The maximum atomic E-state index is 13.2. The van der Waals surface area contributed by atoms with Crippen LogP contribution in [0.1, 0.15) is 23.5 Å². The molecule has 2 N–H and O–H groups in total. The zero-order valence-electron chi connectivity index (χ0n) is 15.7. The Kier molecular flexibility index (Phi) is 4.94. The third kappa shape index (κ3) is 3.79. The zero-order chi connectivity index (χ0) is 20.6. The highest BCUT2D eigenvalue weighted by Crippen LogP contribution is 2.31. The summed E-state index contributed by atoms with van der Waals surface area (Å²) in [5.41, 5.74) is 1.52. The number of alkyl halides is 3. The number of hydrogen-bond acceptors (Lipinski definition) is 4. The maximum Gasteiger partial charge on any atom is 0.414 e. The van der Waals surface area contributed by atoms with Crippen LogP contribution < -0.4 is 21.2 Å². The molecule has 29 heavy (non-hydrogen) atoms. The Morgan fingerprint density at radius 3 is 2.86 bits per heavy atom. The predicted molar refractivity (Wildman–Crippen MR) is 104 cm³/mol. The fourth-order valence-electron chi connectivity index (χ4n) is 3.97. The van der Waals surface area contributed by atoms with Gasteiger partial charge in [-0.3, -0.25) is 9.79 Å². The molecule has 3 aliphatic rings. The van der Waals surface area contributed by atoms with E-state index in [1.54, 1.807) is 11.1 Å². The van der Waals surface area contributed by atoms with Crippen molar-refractivity contribution in [2.24, 2.45) is 4.99 Å². The van der Waals surface area contributed by atoms with E-state index in [-0.39, 0.29) is 18.4 Å². The summed E-state index contributed by atoms with van der Waals surface area (Å²) >= 11 is 0. The molecule has 0 bridgehead atoms. The summed E-state index contributed by atoms with van der Waals surface area (Å²) in [7, 11) is 0. The van der Waals surface area contributed by atoms with Crippen LogP contribution in [0.4, 0.5) is 13.2 Å². The largest absolute Gasteiger partial charge is 0.414 e. The molecule has 1 atom stereocenters. The molecule has 3 heterocycles. The molecule has 0 saturated carbocycles. The number of hydrogen-bond donors (Lipinski definition) is 2. The van der Waals surface area contributed by atoms with Crippen LogP contribution in [-0.4, -0.2) is 43.3 Å². The van der Waals surface area contributed by atoms with E-state index >= 15 is 0 Å². The molecule has 1 aromatic carbocycles. The Morgan fingerprint density at radius 2 is 2.10 bits per heavy atom. The van der Waals surface area contributed by atoms with E-state index < -0.39 is 11.7 Å². The third-order valence-corrected chi connectivity index (χ3v) is 5.45. The topological polar surface area (TPSA) is 56.7 Å². The van der Waals surface area contributed by atoms with Crippen LogP contribution in [0.5, 0.6) is 0 Å². The first-order valence-corrected chi connectivity index (χ1v) is 9.42. The Morgan fingerprint density at radius 1 is 1.28 bits per heavy atom. The number of benzene rings is 1. The van der Waals surface area contributed by atoms with Crippen molar-refractivity contribution in [3.63, 3.8) is 0 Å². The summed E-state index contributed by atoms with van der Waals surface area (Å²) in [6.07, 6.45) is 2.34. The van der Waals surface area contributed by atoms with Crippen LogP contribution in [0.3, 0.4) is 0 Å². The van der Waals surface area contributed by atoms with Gasteiger partial charge in [-0.2, -0.15) is 13.2 Å². The zero-order valence-corrected chi connectivity index (χ0v) is 15.7. The number of nitrogens with zero attached hydrogens (tertiary/aromatic N) is 2. The molecule has 1 amide bonds.